The molecule has 1 rings (SSSR count). The van der Waals surface area contributed by atoms with E-state index < -0.39 is 0 Å². The molecule has 1 aromatic heterocycles. The summed E-state index contributed by atoms with van der Waals surface area (Å²) < 4.78 is 0. The molecular weight excluding hydrogens is 218 g/mol. The van der Waals surface area contributed by atoms with Crippen LogP contribution >= 0.6 is 11.3 Å². The molecule has 3 nitrogen and oxygen atoms in total. The van der Waals surface area contributed by atoms with Crippen molar-refractivity contribution in [2.24, 2.45) is 11.7 Å². The van der Waals surface area contributed by atoms with Gasteiger partial charge in [0.15, 0.2) is 0 Å². The van der Waals surface area contributed by atoms with E-state index in [1.54, 1.807) is 11.3 Å². The topological polar surface area (TPSA) is 42.1 Å². The maximum absolute atomic E-state index is 5.93. The van der Waals surface area contributed by atoms with E-state index in [-0.39, 0.29) is 5.54 Å². The second-order valence-corrected chi connectivity index (χ2v) is 5.85. The first-order valence-corrected chi connectivity index (χ1v) is 6.70. The minimum absolute atomic E-state index is 0.0672. The van der Waals surface area contributed by atoms with Crippen molar-refractivity contribution in [2.45, 2.75) is 39.3 Å². The zero-order valence-corrected chi connectivity index (χ0v) is 11.5. The van der Waals surface area contributed by atoms with E-state index >= 15 is 0 Å². The van der Waals surface area contributed by atoms with Gasteiger partial charge in [0, 0.05) is 24.0 Å². The highest BCUT2D eigenvalue weighted by Gasteiger charge is 2.28. The fourth-order valence-corrected chi connectivity index (χ4v) is 2.57. The molecule has 0 spiro atoms. The highest BCUT2D eigenvalue weighted by molar-refractivity contribution is 7.07. The number of rotatable bonds is 6. The van der Waals surface area contributed by atoms with Crippen LogP contribution in [-0.4, -0.2) is 29.0 Å². The quantitative estimate of drug-likeness (QED) is 0.831. The van der Waals surface area contributed by atoms with Crippen LogP contribution < -0.4 is 5.73 Å². The van der Waals surface area contributed by atoms with E-state index in [0.717, 1.165) is 18.7 Å². The summed E-state index contributed by atoms with van der Waals surface area (Å²) in [6, 6.07) is 0. The largest absolute Gasteiger partial charge is 0.329 e. The predicted octanol–water partition coefficient (Wildman–Crippen LogP) is 2.34. The molecule has 4 heteroatoms. The van der Waals surface area contributed by atoms with Gasteiger partial charge in [-0.05, 0) is 26.3 Å². The second-order valence-electron chi connectivity index (χ2n) is 5.13. The first kappa shape index (κ1) is 13.6. The lowest BCUT2D eigenvalue weighted by Crippen LogP contribution is -2.50. The molecule has 0 bridgehead atoms. The Morgan fingerprint density at radius 2 is 2.25 bits per heavy atom. The van der Waals surface area contributed by atoms with Gasteiger partial charge in [-0.2, -0.15) is 0 Å². The Balaban J connectivity index is 2.64. The molecule has 0 amide bonds. The lowest BCUT2D eigenvalue weighted by molar-refractivity contribution is 0.110. The van der Waals surface area contributed by atoms with Gasteiger partial charge in [-0.3, -0.25) is 4.90 Å². The van der Waals surface area contributed by atoms with Crippen molar-refractivity contribution in [1.29, 1.82) is 0 Å². The molecule has 0 aliphatic rings. The van der Waals surface area contributed by atoms with Crippen molar-refractivity contribution < 1.29 is 0 Å². The molecule has 92 valence electrons. The zero-order chi connectivity index (χ0) is 12.2. The van der Waals surface area contributed by atoms with Crippen LogP contribution in [0.2, 0.25) is 0 Å². The zero-order valence-electron chi connectivity index (χ0n) is 10.7. The maximum atomic E-state index is 5.93. The van der Waals surface area contributed by atoms with Gasteiger partial charge in [0.25, 0.3) is 0 Å². The van der Waals surface area contributed by atoms with Gasteiger partial charge in [0.2, 0.25) is 0 Å². The SMILES string of the molecule is CC(C)CC(C)(CN)N(C)Cc1cscn1. The standard InChI is InChI=1S/C12H23N3S/c1-10(2)5-12(3,8-13)15(4)6-11-7-16-9-14-11/h7,9-10H,5-6,8,13H2,1-4H3. The smallest absolute Gasteiger partial charge is 0.0795 e. The van der Waals surface area contributed by atoms with Gasteiger partial charge in [0.1, 0.15) is 0 Å². The molecule has 1 heterocycles. The van der Waals surface area contributed by atoms with Crippen LogP contribution in [-0.2, 0) is 6.54 Å². The van der Waals surface area contributed by atoms with Crippen molar-refractivity contribution in [3.8, 4) is 0 Å². The van der Waals surface area contributed by atoms with Crippen LogP contribution in [0.4, 0.5) is 0 Å². The fourth-order valence-electron chi connectivity index (χ4n) is 2.02. The van der Waals surface area contributed by atoms with E-state index in [4.69, 9.17) is 5.73 Å². The van der Waals surface area contributed by atoms with Crippen LogP contribution in [0, 0.1) is 5.92 Å². The summed E-state index contributed by atoms with van der Waals surface area (Å²) in [6.45, 7) is 8.28. The Hall–Kier alpha value is -0.450. The molecule has 1 unspecified atom stereocenters. The van der Waals surface area contributed by atoms with Crippen LogP contribution in [0.1, 0.15) is 32.9 Å². The molecule has 0 fully saturated rings. The molecule has 2 N–H and O–H groups in total. The van der Waals surface area contributed by atoms with E-state index in [0.29, 0.717) is 12.5 Å². The molecule has 0 aromatic carbocycles. The number of aromatic nitrogens is 1. The minimum Gasteiger partial charge on any atom is -0.329 e. The van der Waals surface area contributed by atoms with Gasteiger partial charge >= 0.3 is 0 Å². The Morgan fingerprint density at radius 1 is 1.56 bits per heavy atom. The van der Waals surface area contributed by atoms with Crippen molar-refractivity contribution in [2.75, 3.05) is 13.6 Å². The minimum atomic E-state index is 0.0672. The van der Waals surface area contributed by atoms with Gasteiger partial charge in [-0.15, -0.1) is 11.3 Å². The summed E-state index contributed by atoms with van der Waals surface area (Å²) in [6.07, 6.45) is 1.12. The summed E-state index contributed by atoms with van der Waals surface area (Å²) in [4.78, 5) is 6.64. The summed E-state index contributed by atoms with van der Waals surface area (Å²) >= 11 is 1.64. The van der Waals surface area contributed by atoms with Gasteiger partial charge in [-0.25, -0.2) is 4.98 Å². The molecule has 0 saturated carbocycles. The number of likely N-dealkylation sites (N-methyl/N-ethyl adjacent to an activating group) is 1. The van der Waals surface area contributed by atoms with E-state index in [1.807, 2.05) is 5.51 Å². The first-order valence-electron chi connectivity index (χ1n) is 5.76. The maximum Gasteiger partial charge on any atom is 0.0795 e. The van der Waals surface area contributed by atoms with E-state index in [2.05, 4.69) is 43.1 Å². The summed E-state index contributed by atoms with van der Waals surface area (Å²) in [5.41, 5.74) is 9.01. The third-order valence-electron chi connectivity index (χ3n) is 3.09. The normalized spacial score (nSPS) is 15.7. The molecule has 16 heavy (non-hydrogen) atoms. The number of nitrogens with two attached hydrogens (primary N) is 1. The Labute approximate surface area is 103 Å². The van der Waals surface area contributed by atoms with Crippen LogP contribution in [0.25, 0.3) is 0 Å². The first-order chi connectivity index (χ1) is 7.48. The number of thiazole rings is 1. The Bertz CT molecular complexity index is 297. The molecule has 1 aromatic rings. The second kappa shape index (κ2) is 5.75. The van der Waals surface area contributed by atoms with E-state index in [9.17, 15) is 0 Å². The van der Waals surface area contributed by atoms with Crippen LogP contribution in [0.5, 0.6) is 0 Å². The summed E-state index contributed by atoms with van der Waals surface area (Å²) in [5.74, 6) is 0.659. The summed E-state index contributed by atoms with van der Waals surface area (Å²) in [7, 11) is 2.13. The third-order valence-corrected chi connectivity index (χ3v) is 3.73. The van der Waals surface area contributed by atoms with Crippen LogP contribution in [0.15, 0.2) is 10.9 Å². The molecule has 0 aliphatic carbocycles. The van der Waals surface area contributed by atoms with Crippen LogP contribution in [0.3, 0.4) is 0 Å². The monoisotopic (exact) mass is 241 g/mol. The molecule has 0 saturated heterocycles. The van der Waals surface area contributed by atoms with Gasteiger partial charge in [-0.1, -0.05) is 13.8 Å². The lowest BCUT2D eigenvalue weighted by Gasteiger charge is -2.39. The number of hydrogen-bond acceptors (Lipinski definition) is 4. The van der Waals surface area contributed by atoms with Crippen molar-refractivity contribution in [1.82, 2.24) is 9.88 Å². The lowest BCUT2D eigenvalue weighted by atomic mass is 9.89. The van der Waals surface area contributed by atoms with Gasteiger partial charge in [0.05, 0.1) is 11.2 Å². The number of nitrogens with zero attached hydrogens (tertiary/aromatic N) is 2. The summed E-state index contributed by atoms with van der Waals surface area (Å²) in [5, 5.41) is 2.10. The van der Waals surface area contributed by atoms with E-state index in [1.165, 1.54) is 0 Å². The fraction of sp³-hybridized carbons (Fsp3) is 0.750. The highest BCUT2D eigenvalue weighted by Crippen LogP contribution is 2.23. The predicted molar refractivity (Wildman–Crippen MR) is 70.5 cm³/mol. The molecule has 0 aliphatic heterocycles. The van der Waals surface area contributed by atoms with Crippen molar-refractivity contribution >= 4 is 11.3 Å². The Morgan fingerprint density at radius 3 is 2.69 bits per heavy atom. The average molecular weight is 241 g/mol. The average Bonchev–Trinajstić information content (AvgIpc) is 2.69. The highest BCUT2D eigenvalue weighted by atomic mass is 32.1. The third kappa shape index (κ3) is 3.54. The van der Waals surface area contributed by atoms with Gasteiger partial charge < -0.3 is 5.73 Å². The van der Waals surface area contributed by atoms with Crippen molar-refractivity contribution in [3.05, 3.63) is 16.6 Å². The molecule has 1 atom stereocenters. The Kier molecular flexibility index (Phi) is 4.89. The molecule has 0 radical (unpaired) electrons. The molecular formula is C12H23N3S. The number of hydrogen-bond donors (Lipinski definition) is 1. The van der Waals surface area contributed by atoms with Crippen molar-refractivity contribution in [3.63, 3.8) is 0 Å².